The lowest BCUT2D eigenvalue weighted by molar-refractivity contribution is -0.152. The Morgan fingerprint density at radius 3 is 1.77 bits per heavy atom. The predicted molar refractivity (Wildman–Crippen MR) is 207 cm³/mol. The molecule has 0 spiro atoms. The molecule has 0 saturated heterocycles. The number of benzene rings is 2. The molecule has 0 aromatic heterocycles. The van der Waals surface area contributed by atoms with Gasteiger partial charge in [-0.15, -0.1) is 0 Å². The van der Waals surface area contributed by atoms with Crippen LogP contribution in [0.5, 0.6) is 0 Å². The maximum Gasteiger partial charge on any atom is 0.308 e. The molecule has 2 aliphatic carbocycles. The van der Waals surface area contributed by atoms with E-state index in [2.05, 4.69) is 62.7 Å². The minimum Gasteiger partial charge on any atom is -0.462 e. The first kappa shape index (κ1) is 47.4. The number of hydrogen-bond acceptors (Lipinski definition) is 6. The smallest absolute Gasteiger partial charge is 0.308 e. The Bertz CT molecular complexity index is 1260. The van der Waals surface area contributed by atoms with Crippen molar-refractivity contribution in [3.8, 4) is 11.1 Å². The van der Waals surface area contributed by atoms with Gasteiger partial charge in [0.1, 0.15) is 12.2 Å². The highest BCUT2D eigenvalue weighted by Gasteiger charge is 2.35. The van der Waals surface area contributed by atoms with E-state index < -0.39 is 10.0 Å². The Kier molecular flexibility index (Phi) is 23.3. The molecule has 2 fully saturated rings. The second kappa shape index (κ2) is 23.6. The third-order valence-corrected chi connectivity index (χ3v) is 9.81. The monoisotopic (exact) mass is 691 g/mol. The molecule has 0 amide bonds. The summed E-state index contributed by atoms with van der Waals surface area (Å²) in [6.45, 7) is 22.6. The normalized spacial score (nSPS) is 14.6. The maximum absolute atomic E-state index is 11.1. The lowest BCUT2D eigenvalue weighted by Crippen LogP contribution is -2.32. The van der Waals surface area contributed by atoms with Gasteiger partial charge in [0.05, 0.1) is 17.4 Å². The summed E-state index contributed by atoms with van der Waals surface area (Å²) in [5.41, 5.74) is 3.91. The van der Waals surface area contributed by atoms with Crippen molar-refractivity contribution in [3.05, 3.63) is 60.2 Å². The molecule has 2 aromatic rings. The van der Waals surface area contributed by atoms with E-state index in [1.165, 1.54) is 18.4 Å². The van der Waals surface area contributed by atoms with Crippen LogP contribution in [0.3, 0.4) is 0 Å². The van der Waals surface area contributed by atoms with E-state index >= 15 is 0 Å². The molecule has 2 saturated carbocycles. The molecule has 276 valence electrons. The zero-order valence-corrected chi connectivity index (χ0v) is 31.2. The van der Waals surface area contributed by atoms with Crippen molar-refractivity contribution in [1.29, 1.82) is 0 Å². The van der Waals surface area contributed by atoms with Gasteiger partial charge in [0.25, 0.3) is 0 Å². The van der Waals surface area contributed by atoms with Crippen molar-refractivity contribution in [1.82, 2.24) is 4.72 Å². The summed E-state index contributed by atoms with van der Waals surface area (Å²) < 4.78 is 30.0. The highest BCUT2D eigenvalue weighted by atomic mass is 32.2. The molecule has 48 heavy (non-hydrogen) atoms. The van der Waals surface area contributed by atoms with E-state index in [4.69, 9.17) is 9.57 Å². The van der Waals surface area contributed by atoms with Gasteiger partial charge in [0, 0.05) is 11.6 Å². The van der Waals surface area contributed by atoms with Crippen LogP contribution >= 0.6 is 0 Å². The summed E-state index contributed by atoms with van der Waals surface area (Å²) in [6.07, 6.45) is 8.34. The molecule has 0 unspecified atom stereocenters. The molecule has 8 heteroatoms. The Balaban J connectivity index is 0. The molecular weight excluding hydrogens is 621 g/mol. The summed E-state index contributed by atoms with van der Waals surface area (Å²) in [5, 5.41) is 3.91. The highest BCUT2D eigenvalue weighted by Crippen LogP contribution is 2.27. The van der Waals surface area contributed by atoms with Crippen LogP contribution in [0.1, 0.15) is 135 Å². The Labute approximate surface area is 295 Å². The van der Waals surface area contributed by atoms with E-state index in [-0.39, 0.29) is 50.2 Å². The van der Waals surface area contributed by atoms with E-state index in [1.54, 1.807) is 6.21 Å². The number of carbonyl (C=O) groups is 1. The molecule has 0 bridgehead atoms. The van der Waals surface area contributed by atoms with Crippen molar-refractivity contribution < 1.29 is 22.8 Å². The summed E-state index contributed by atoms with van der Waals surface area (Å²) in [5.74, 6) is 0.778. The van der Waals surface area contributed by atoms with Crippen LogP contribution in [-0.4, -0.2) is 44.1 Å². The van der Waals surface area contributed by atoms with Crippen molar-refractivity contribution in [2.45, 2.75) is 153 Å². The van der Waals surface area contributed by atoms with Gasteiger partial charge in [-0.3, -0.25) is 4.79 Å². The van der Waals surface area contributed by atoms with E-state index in [9.17, 15) is 13.2 Å². The van der Waals surface area contributed by atoms with Gasteiger partial charge in [-0.05, 0) is 88.7 Å². The fourth-order valence-corrected chi connectivity index (χ4v) is 5.41. The van der Waals surface area contributed by atoms with E-state index in [0.29, 0.717) is 5.41 Å². The molecule has 2 aromatic carbocycles. The first-order valence-corrected chi connectivity index (χ1v) is 18.5. The first-order chi connectivity index (χ1) is 21.4. The molecule has 7 nitrogen and oxygen atoms in total. The molecule has 0 atom stereocenters. The van der Waals surface area contributed by atoms with Crippen LogP contribution < -0.4 is 4.72 Å². The maximum atomic E-state index is 11.1. The number of esters is 1. The number of carbonyl (C=O) groups excluding carboxylic acids is 1. The lowest BCUT2D eigenvalue weighted by atomic mass is 9.84. The second-order valence-electron chi connectivity index (χ2n) is 14.4. The van der Waals surface area contributed by atoms with Crippen LogP contribution in [0.25, 0.3) is 11.1 Å². The van der Waals surface area contributed by atoms with Crippen LogP contribution in [0, 0.1) is 17.3 Å². The topological polar surface area (TPSA) is 94.1 Å². The fourth-order valence-electron chi connectivity index (χ4n) is 3.81. The standard InChI is InChI=1S/C16H17NO.C9H16O2.C7H16.C6H13NO2S.2CH4/c1-13(2)18-17-12-15-10-6-7-11-16(15)14-8-4-3-5-9-14;1-7(2)9(10)11-8-5-3-4-6-8;1-6(2)7(3,4)5;1-5(2)7-10(8,9)6-3-4-6;;/h3-13H,1-2H3;7-8H,3-6H2,1-2H3;6H,1-5H3;5-7H,3-4H2,1-2H3;2*1H4/b17-12+;;;;;. The summed E-state index contributed by atoms with van der Waals surface area (Å²) in [7, 11) is -2.94. The number of rotatable bonds is 9. The van der Waals surface area contributed by atoms with Gasteiger partial charge in [0.15, 0.2) is 0 Å². The van der Waals surface area contributed by atoms with Gasteiger partial charge in [-0.2, -0.15) is 0 Å². The van der Waals surface area contributed by atoms with Crippen LogP contribution in [0.2, 0.25) is 0 Å². The van der Waals surface area contributed by atoms with Crippen LogP contribution in [0.4, 0.5) is 0 Å². The number of nitrogens with zero attached hydrogens (tertiary/aromatic N) is 1. The Hall–Kier alpha value is -2.71. The van der Waals surface area contributed by atoms with E-state index in [0.717, 1.165) is 42.7 Å². The average molecular weight is 691 g/mol. The van der Waals surface area contributed by atoms with Gasteiger partial charge >= 0.3 is 5.97 Å². The summed E-state index contributed by atoms with van der Waals surface area (Å²) in [6, 6.07) is 18.5. The van der Waals surface area contributed by atoms with Gasteiger partial charge in [-0.25, -0.2) is 13.1 Å². The number of oxime groups is 1. The third kappa shape index (κ3) is 20.6. The predicted octanol–water partition coefficient (Wildman–Crippen LogP) is 10.7. The molecule has 0 radical (unpaired) electrons. The minimum atomic E-state index is -2.94. The number of ether oxygens (including phenoxy) is 1. The van der Waals surface area contributed by atoms with Crippen molar-refractivity contribution >= 4 is 22.2 Å². The zero-order valence-electron chi connectivity index (χ0n) is 30.4. The van der Waals surface area contributed by atoms with Gasteiger partial charge in [-0.1, -0.05) is 123 Å². The quantitative estimate of drug-likeness (QED) is 0.161. The average Bonchev–Trinajstić information content (AvgIpc) is 3.72. The van der Waals surface area contributed by atoms with Crippen molar-refractivity contribution in [2.75, 3.05) is 0 Å². The third-order valence-electron chi connectivity index (χ3n) is 7.66. The van der Waals surface area contributed by atoms with Crippen molar-refractivity contribution in [3.63, 3.8) is 0 Å². The second-order valence-corrected chi connectivity index (χ2v) is 16.4. The molecular formula is C40H70N2O5S. The number of sulfonamides is 1. The van der Waals surface area contributed by atoms with Crippen LogP contribution in [-0.2, 0) is 24.4 Å². The summed E-state index contributed by atoms with van der Waals surface area (Å²) in [4.78, 5) is 16.3. The molecule has 4 rings (SSSR count). The molecule has 1 N–H and O–H groups in total. The zero-order chi connectivity index (χ0) is 34.9. The van der Waals surface area contributed by atoms with Crippen LogP contribution in [0.15, 0.2) is 59.8 Å². The highest BCUT2D eigenvalue weighted by molar-refractivity contribution is 7.90. The lowest BCUT2D eigenvalue weighted by Gasteiger charge is -2.22. The number of hydrogen-bond donors (Lipinski definition) is 1. The summed E-state index contributed by atoms with van der Waals surface area (Å²) >= 11 is 0. The van der Waals surface area contributed by atoms with Gasteiger partial charge < -0.3 is 9.57 Å². The van der Waals surface area contributed by atoms with E-state index in [1.807, 2.05) is 77.9 Å². The minimum absolute atomic E-state index is 0. The molecule has 0 heterocycles. The number of nitrogens with one attached hydrogen (secondary N) is 1. The Morgan fingerprint density at radius 1 is 0.833 bits per heavy atom. The Morgan fingerprint density at radius 2 is 1.33 bits per heavy atom. The fraction of sp³-hybridized carbons (Fsp3) is 0.650. The largest absolute Gasteiger partial charge is 0.462 e. The molecule has 0 aliphatic heterocycles. The van der Waals surface area contributed by atoms with Crippen molar-refractivity contribution in [2.24, 2.45) is 22.4 Å². The van der Waals surface area contributed by atoms with Gasteiger partial charge in [0.2, 0.25) is 10.0 Å². The first-order valence-electron chi connectivity index (χ1n) is 17.0. The SMILES string of the molecule is C.C.CC(C)C(=O)OC1CCCC1.CC(C)C(C)(C)C.CC(C)NS(=O)(=O)C1CC1.CC(C)O/N=C/c1ccccc1-c1ccccc1. The molecule has 2 aliphatic rings.